The first-order valence-corrected chi connectivity index (χ1v) is 10.6. The second-order valence-electron chi connectivity index (χ2n) is 7.42. The van der Waals surface area contributed by atoms with E-state index in [1.165, 1.54) is 21.3 Å². The lowest BCUT2D eigenvalue weighted by atomic mass is 10.2. The van der Waals surface area contributed by atoms with E-state index in [4.69, 9.17) is 4.74 Å². The number of hydrogen-bond acceptors (Lipinski definition) is 6. The Kier molecular flexibility index (Phi) is 8.59. The predicted octanol–water partition coefficient (Wildman–Crippen LogP) is 1.93. The SMILES string of the molecule is CCN(CC)S(=O)(=O)c1cccc(NC(=O)CN(C)CC(=O)OC(C)(C)C)c1. The van der Waals surface area contributed by atoms with Gasteiger partial charge < -0.3 is 10.1 Å². The maximum Gasteiger partial charge on any atom is 0.320 e. The van der Waals surface area contributed by atoms with Gasteiger partial charge in [0.1, 0.15) is 5.60 Å². The van der Waals surface area contributed by atoms with Gasteiger partial charge in [-0.1, -0.05) is 19.9 Å². The average molecular weight is 414 g/mol. The molecule has 9 heteroatoms. The van der Waals surface area contributed by atoms with Gasteiger partial charge >= 0.3 is 5.97 Å². The molecule has 0 radical (unpaired) electrons. The van der Waals surface area contributed by atoms with E-state index in [0.717, 1.165) is 0 Å². The number of nitrogens with one attached hydrogen (secondary N) is 1. The van der Waals surface area contributed by atoms with Gasteiger partial charge in [-0.05, 0) is 46.0 Å². The Morgan fingerprint density at radius 3 is 2.25 bits per heavy atom. The molecule has 28 heavy (non-hydrogen) atoms. The molecule has 1 amide bonds. The van der Waals surface area contributed by atoms with Gasteiger partial charge in [0.05, 0.1) is 18.0 Å². The van der Waals surface area contributed by atoms with Crippen molar-refractivity contribution in [3.8, 4) is 0 Å². The smallest absolute Gasteiger partial charge is 0.320 e. The molecule has 0 aliphatic carbocycles. The third kappa shape index (κ3) is 7.57. The van der Waals surface area contributed by atoms with E-state index in [9.17, 15) is 18.0 Å². The number of anilines is 1. The summed E-state index contributed by atoms with van der Waals surface area (Å²) in [6.45, 7) is 9.54. The summed E-state index contributed by atoms with van der Waals surface area (Å²) < 4.78 is 31.8. The highest BCUT2D eigenvalue weighted by Gasteiger charge is 2.22. The number of hydrogen-bond donors (Lipinski definition) is 1. The van der Waals surface area contributed by atoms with E-state index in [0.29, 0.717) is 18.8 Å². The number of likely N-dealkylation sites (N-methyl/N-ethyl adjacent to an activating group) is 1. The highest BCUT2D eigenvalue weighted by atomic mass is 32.2. The van der Waals surface area contributed by atoms with Crippen molar-refractivity contribution in [3.63, 3.8) is 0 Å². The van der Waals surface area contributed by atoms with Crippen molar-refractivity contribution in [2.45, 2.75) is 45.1 Å². The van der Waals surface area contributed by atoms with Gasteiger partial charge in [0, 0.05) is 18.8 Å². The molecule has 0 fully saturated rings. The lowest BCUT2D eigenvalue weighted by Gasteiger charge is -2.22. The van der Waals surface area contributed by atoms with Gasteiger partial charge in [-0.3, -0.25) is 14.5 Å². The summed E-state index contributed by atoms with van der Waals surface area (Å²) in [5.41, 5.74) is -0.208. The normalized spacial score (nSPS) is 12.3. The summed E-state index contributed by atoms with van der Waals surface area (Å²) in [5, 5.41) is 2.67. The van der Waals surface area contributed by atoms with Crippen LogP contribution in [0, 0.1) is 0 Å². The van der Waals surface area contributed by atoms with Crippen LogP contribution in [-0.2, 0) is 24.3 Å². The lowest BCUT2D eigenvalue weighted by molar-refractivity contribution is -0.155. The second kappa shape index (κ2) is 9.99. The monoisotopic (exact) mass is 413 g/mol. The first-order chi connectivity index (χ1) is 12.9. The Balaban J connectivity index is 2.74. The zero-order valence-electron chi connectivity index (χ0n) is 17.5. The molecule has 158 valence electrons. The summed E-state index contributed by atoms with van der Waals surface area (Å²) in [6, 6.07) is 6.13. The number of amides is 1. The Labute approximate surface area is 167 Å². The molecule has 0 spiro atoms. The molecule has 0 unspecified atom stereocenters. The van der Waals surface area contributed by atoms with E-state index in [-0.39, 0.29) is 23.9 Å². The van der Waals surface area contributed by atoms with Gasteiger partial charge in [-0.2, -0.15) is 4.31 Å². The van der Waals surface area contributed by atoms with E-state index in [1.54, 1.807) is 53.8 Å². The van der Waals surface area contributed by atoms with Crippen molar-refractivity contribution in [1.29, 1.82) is 0 Å². The summed E-state index contributed by atoms with van der Waals surface area (Å²) in [4.78, 5) is 25.7. The number of carbonyl (C=O) groups excluding carboxylic acids is 2. The molecular weight excluding hydrogens is 382 g/mol. The summed E-state index contributed by atoms with van der Waals surface area (Å²) in [5.74, 6) is -0.779. The number of rotatable bonds is 9. The van der Waals surface area contributed by atoms with Gasteiger partial charge in [0.25, 0.3) is 0 Å². The van der Waals surface area contributed by atoms with Crippen molar-refractivity contribution in [2.24, 2.45) is 0 Å². The minimum Gasteiger partial charge on any atom is -0.459 e. The van der Waals surface area contributed by atoms with Crippen LogP contribution < -0.4 is 5.32 Å². The van der Waals surface area contributed by atoms with Crippen LogP contribution in [0.15, 0.2) is 29.2 Å². The first kappa shape index (κ1) is 24.1. The number of carbonyl (C=O) groups is 2. The third-order valence-electron chi connectivity index (χ3n) is 3.69. The highest BCUT2D eigenvalue weighted by molar-refractivity contribution is 7.89. The van der Waals surface area contributed by atoms with Crippen molar-refractivity contribution in [2.75, 3.05) is 38.5 Å². The molecule has 0 heterocycles. The topological polar surface area (TPSA) is 96.0 Å². The molecule has 1 N–H and O–H groups in total. The largest absolute Gasteiger partial charge is 0.459 e. The molecule has 0 aromatic heterocycles. The summed E-state index contributed by atoms with van der Waals surface area (Å²) in [7, 11) is -1.98. The minimum absolute atomic E-state index is 0.0267. The number of sulfonamides is 1. The van der Waals surface area contributed by atoms with E-state index < -0.39 is 21.6 Å². The standard InChI is InChI=1S/C19H31N3O5S/c1-7-22(8-2)28(25,26)16-11-9-10-15(12-16)20-17(23)13-21(6)14-18(24)27-19(3,4)5/h9-12H,7-8,13-14H2,1-6H3,(H,20,23). The van der Waals surface area contributed by atoms with E-state index in [1.807, 2.05) is 0 Å². The lowest BCUT2D eigenvalue weighted by Crippen LogP contribution is -2.37. The summed E-state index contributed by atoms with van der Waals surface area (Å²) in [6.07, 6.45) is 0. The summed E-state index contributed by atoms with van der Waals surface area (Å²) >= 11 is 0. The molecule has 0 atom stereocenters. The minimum atomic E-state index is -3.61. The number of ether oxygens (including phenoxy) is 1. The zero-order chi connectivity index (χ0) is 21.5. The van der Waals surface area contributed by atoms with E-state index >= 15 is 0 Å². The van der Waals surface area contributed by atoms with Gasteiger partial charge in [0.2, 0.25) is 15.9 Å². The van der Waals surface area contributed by atoms with E-state index in [2.05, 4.69) is 5.32 Å². The number of esters is 1. The molecule has 0 aliphatic rings. The number of nitrogens with zero attached hydrogens (tertiary/aromatic N) is 2. The molecule has 0 aliphatic heterocycles. The molecule has 0 bridgehead atoms. The molecule has 0 saturated carbocycles. The van der Waals surface area contributed by atoms with Crippen molar-refractivity contribution in [1.82, 2.24) is 9.21 Å². The van der Waals surface area contributed by atoms with Crippen LogP contribution in [0.4, 0.5) is 5.69 Å². The predicted molar refractivity (Wildman–Crippen MR) is 109 cm³/mol. The van der Waals surface area contributed by atoms with Crippen LogP contribution in [0.1, 0.15) is 34.6 Å². The van der Waals surface area contributed by atoms with Crippen LogP contribution in [0.3, 0.4) is 0 Å². The molecule has 1 aromatic carbocycles. The fraction of sp³-hybridized carbons (Fsp3) is 0.579. The third-order valence-corrected chi connectivity index (χ3v) is 5.74. The Morgan fingerprint density at radius 2 is 1.71 bits per heavy atom. The fourth-order valence-corrected chi connectivity index (χ4v) is 4.05. The maximum absolute atomic E-state index is 12.6. The Bertz CT molecular complexity index is 783. The molecular formula is C19H31N3O5S. The van der Waals surface area contributed by atoms with Crippen LogP contribution in [-0.4, -0.2) is 68.3 Å². The Morgan fingerprint density at radius 1 is 1.11 bits per heavy atom. The van der Waals surface area contributed by atoms with Gasteiger partial charge in [0.15, 0.2) is 0 Å². The second-order valence-corrected chi connectivity index (χ2v) is 9.36. The molecule has 1 aromatic rings. The maximum atomic E-state index is 12.6. The van der Waals surface area contributed by atoms with Crippen LogP contribution in [0.2, 0.25) is 0 Å². The average Bonchev–Trinajstić information content (AvgIpc) is 2.53. The van der Waals surface area contributed by atoms with Crippen molar-refractivity contribution < 1.29 is 22.7 Å². The van der Waals surface area contributed by atoms with Crippen LogP contribution in [0.5, 0.6) is 0 Å². The Hall–Kier alpha value is -1.97. The zero-order valence-corrected chi connectivity index (χ0v) is 18.3. The van der Waals surface area contributed by atoms with Gasteiger partial charge in [-0.15, -0.1) is 0 Å². The van der Waals surface area contributed by atoms with Crippen LogP contribution in [0.25, 0.3) is 0 Å². The van der Waals surface area contributed by atoms with Crippen molar-refractivity contribution >= 4 is 27.6 Å². The van der Waals surface area contributed by atoms with Gasteiger partial charge in [-0.25, -0.2) is 8.42 Å². The van der Waals surface area contributed by atoms with Crippen molar-refractivity contribution in [3.05, 3.63) is 24.3 Å². The highest BCUT2D eigenvalue weighted by Crippen LogP contribution is 2.19. The quantitative estimate of drug-likeness (QED) is 0.622. The molecule has 8 nitrogen and oxygen atoms in total. The van der Waals surface area contributed by atoms with Crippen LogP contribution >= 0.6 is 0 Å². The molecule has 1 rings (SSSR count). The fourth-order valence-electron chi connectivity index (χ4n) is 2.54. The molecule has 0 saturated heterocycles. The first-order valence-electron chi connectivity index (χ1n) is 9.19. The number of benzene rings is 1.